The standard InChI is InChI=1S/C15H11FN2O/c16-10-5-7-11(8-6-10)17-9-13-12-3-1-2-4-14(12)18-15(13)19/h1-9,13H,(H,18,19). The Labute approximate surface area is 109 Å². The molecule has 0 aromatic heterocycles. The van der Waals surface area contributed by atoms with Gasteiger partial charge in [0.15, 0.2) is 0 Å². The molecule has 0 saturated heterocycles. The number of para-hydroxylation sites is 1. The van der Waals surface area contributed by atoms with Crippen molar-refractivity contribution in [2.45, 2.75) is 5.92 Å². The van der Waals surface area contributed by atoms with E-state index in [1.54, 1.807) is 18.3 Å². The van der Waals surface area contributed by atoms with E-state index in [1.807, 2.05) is 24.3 Å². The Hall–Kier alpha value is -2.49. The lowest BCUT2D eigenvalue weighted by Crippen LogP contribution is -2.12. The fraction of sp³-hybridized carbons (Fsp3) is 0.0667. The van der Waals surface area contributed by atoms with Crippen LogP contribution in [0.2, 0.25) is 0 Å². The molecule has 0 aliphatic carbocycles. The number of nitrogens with one attached hydrogen (secondary N) is 1. The van der Waals surface area contributed by atoms with Crippen LogP contribution in [0.3, 0.4) is 0 Å². The van der Waals surface area contributed by atoms with Crippen molar-refractivity contribution in [2.75, 3.05) is 5.32 Å². The zero-order valence-electron chi connectivity index (χ0n) is 10.0. The molecule has 2 aromatic carbocycles. The van der Waals surface area contributed by atoms with Crippen molar-refractivity contribution in [1.82, 2.24) is 0 Å². The van der Waals surface area contributed by atoms with Crippen LogP contribution in [0.4, 0.5) is 15.8 Å². The molecule has 1 aliphatic heterocycles. The second-order valence-corrected chi connectivity index (χ2v) is 4.31. The van der Waals surface area contributed by atoms with Gasteiger partial charge in [-0.3, -0.25) is 9.79 Å². The molecule has 0 bridgehead atoms. The highest BCUT2D eigenvalue weighted by atomic mass is 19.1. The van der Waals surface area contributed by atoms with Crippen LogP contribution in [-0.4, -0.2) is 12.1 Å². The number of halogens is 1. The van der Waals surface area contributed by atoms with Crippen LogP contribution in [0, 0.1) is 5.82 Å². The van der Waals surface area contributed by atoms with E-state index in [2.05, 4.69) is 10.3 Å². The van der Waals surface area contributed by atoms with Crippen molar-refractivity contribution in [2.24, 2.45) is 4.99 Å². The topological polar surface area (TPSA) is 41.5 Å². The van der Waals surface area contributed by atoms with Gasteiger partial charge in [-0.05, 0) is 35.9 Å². The van der Waals surface area contributed by atoms with Gasteiger partial charge in [-0.1, -0.05) is 18.2 Å². The Balaban J connectivity index is 1.87. The highest BCUT2D eigenvalue weighted by Gasteiger charge is 2.28. The van der Waals surface area contributed by atoms with Gasteiger partial charge < -0.3 is 5.32 Å². The van der Waals surface area contributed by atoms with Gasteiger partial charge in [-0.15, -0.1) is 0 Å². The van der Waals surface area contributed by atoms with Gasteiger partial charge in [-0.25, -0.2) is 4.39 Å². The molecular weight excluding hydrogens is 243 g/mol. The third kappa shape index (κ3) is 2.25. The van der Waals surface area contributed by atoms with Crippen molar-refractivity contribution < 1.29 is 9.18 Å². The van der Waals surface area contributed by atoms with Gasteiger partial charge in [0.05, 0.1) is 5.69 Å². The number of aliphatic imine (C=N–C) groups is 1. The fourth-order valence-corrected chi connectivity index (χ4v) is 2.07. The minimum absolute atomic E-state index is 0.0907. The molecule has 0 radical (unpaired) electrons. The van der Waals surface area contributed by atoms with Crippen LogP contribution in [-0.2, 0) is 4.79 Å². The van der Waals surface area contributed by atoms with Gasteiger partial charge >= 0.3 is 0 Å². The van der Waals surface area contributed by atoms with Crippen LogP contribution in [0.1, 0.15) is 11.5 Å². The van der Waals surface area contributed by atoms with E-state index in [0.717, 1.165) is 11.3 Å². The summed E-state index contributed by atoms with van der Waals surface area (Å²) in [4.78, 5) is 16.1. The molecule has 1 amide bonds. The van der Waals surface area contributed by atoms with E-state index >= 15 is 0 Å². The summed E-state index contributed by atoms with van der Waals surface area (Å²) < 4.78 is 12.8. The molecule has 0 spiro atoms. The number of fused-ring (bicyclic) bond motifs is 1. The number of nitrogens with zero attached hydrogens (tertiary/aromatic N) is 1. The van der Waals surface area contributed by atoms with E-state index < -0.39 is 0 Å². The predicted octanol–water partition coefficient (Wildman–Crippen LogP) is 3.26. The molecule has 2 aromatic rings. The third-order valence-corrected chi connectivity index (χ3v) is 3.04. The largest absolute Gasteiger partial charge is 0.325 e. The molecule has 94 valence electrons. The van der Waals surface area contributed by atoms with Crippen LogP contribution in [0.5, 0.6) is 0 Å². The zero-order valence-corrected chi connectivity index (χ0v) is 10.0. The number of amides is 1. The number of hydrogen-bond donors (Lipinski definition) is 1. The first-order chi connectivity index (χ1) is 9.24. The molecule has 1 N–H and O–H groups in total. The van der Waals surface area contributed by atoms with Gasteiger partial charge in [0.1, 0.15) is 11.7 Å². The lowest BCUT2D eigenvalue weighted by atomic mass is 10.0. The summed E-state index contributed by atoms with van der Waals surface area (Å²) in [5.74, 6) is -0.781. The van der Waals surface area contributed by atoms with E-state index in [1.165, 1.54) is 12.1 Å². The molecule has 4 heteroatoms. The molecule has 19 heavy (non-hydrogen) atoms. The van der Waals surface area contributed by atoms with Crippen molar-refractivity contribution in [3.05, 3.63) is 59.9 Å². The maximum atomic E-state index is 12.8. The summed E-state index contributed by atoms with van der Waals surface area (Å²) in [6, 6.07) is 13.4. The van der Waals surface area contributed by atoms with Gasteiger partial charge in [0, 0.05) is 11.9 Å². The second-order valence-electron chi connectivity index (χ2n) is 4.31. The molecule has 1 aliphatic rings. The van der Waals surface area contributed by atoms with Crippen molar-refractivity contribution in [1.29, 1.82) is 0 Å². The molecule has 0 fully saturated rings. The molecule has 1 unspecified atom stereocenters. The molecule has 1 atom stereocenters. The lowest BCUT2D eigenvalue weighted by molar-refractivity contribution is -0.115. The number of carbonyl (C=O) groups excluding carboxylic acids is 1. The van der Waals surface area contributed by atoms with Crippen LogP contribution >= 0.6 is 0 Å². The van der Waals surface area contributed by atoms with E-state index in [-0.39, 0.29) is 17.6 Å². The smallest absolute Gasteiger partial charge is 0.237 e. The van der Waals surface area contributed by atoms with E-state index in [4.69, 9.17) is 0 Å². The molecule has 1 heterocycles. The monoisotopic (exact) mass is 254 g/mol. The predicted molar refractivity (Wildman–Crippen MR) is 72.4 cm³/mol. The van der Waals surface area contributed by atoms with E-state index in [9.17, 15) is 9.18 Å². The fourth-order valence-electron chi connectivity index (χ4n) is 2.07. The Morgan fingerprint density at radius 1 is 1.11 bits per heavy atom. The van der Waals surface area contributed by atoms with Gasteiger partial charge in [-0.2, -0.15) is 0 Å². The minimum atomic E-state index is -0.388. The summed E-state index contributed by atoms with van der Waals surface area (Å²) in [7, 11) is 0. The van der Waals surface area contributed by atoms with Crippen LogP contribution in [0.15, 0.2) is 53.5 Å². The SMILES string of the molecule is O=C1Nc2ccccc2C1C=Nc1ccc(F)cc1. The maximum absolute atomic E-state index is 12.8. The summed E-state index contributed by atoms with van der Waals surface area (Å²) in [5, 5.41) is 2.80. The number of rotatable bonds is 2. The highest BCUT2D eigenvalue weighted by Crippen LogP contribution is 2.31. The normalized spacial score (nSPS) is 17.5. The average Bonchev–Trinajstić information content (AvgIpc) is 2.74. The third-order valence-electron chi connectivity index (χ3n) is 3.04. The first kappa shape index (κ1) is 11.6. The second kappa shape index (κ2) is 4.65. The average molecular weight is 254 g/mol. The quantitative estimate of drug-likeness (QED) is 0.821. The Morgan fingerprint density at radius 3 is 2.63 bits per heavy atom. The summed E-state index contributed by atoms with van der Waals surface area (Å²) in [5.41, 5.74) is 2.36. The highest BCUT2D eigenvalue weighted by molar-refractivity contribution is 6.12. The molecular formula is C15H11FN2O. The molecule has 3 rings (SSSR count). The summed E-state index contributed by atoms with van der Waals surface area (Å²) in [6.07, 6.45) is 1.59. The summed E-state index contributed by atoms with van der Waals surface area (Å²) >= 11 is 0. The number of hydrogen-bond acceptors (Lipinski definition) is 2. The Kier molecular flexibility index (Phi) is 2.83. The molecule has 0 saturated carbocycles. The van der Waals surface area contributed by atoms with Crippen LogP contribution in [0.25, 0.3) is 0 Å². The Morgan fingerprint density at radius 2 is 1.84 bits per heavy atom. The van der Waals surface area contributed by atoms with E-state index in [0.29, 0.717) is 5.69 Å². The molecule has 3 nitrogen and oxygen atoms in total. The number of anilines is 1. The maximum Gasteiger partial charge on any atom is 0.237 e. The van der Waals surface area contributed by atoms with Gasteiger partial charge in [0.2, 0.25) is 5.91 Å². The lowest BCUT2D eigenvalue weighted by Gasteiger charge is -2.01. The van der Waals surface area contributed by atoms with Gasteiger partial charge in [0.25, 0.3) is 0 Å². The first-order valence-electron chi connectivity index (χ1n) is 5.93. The Bertz CT molecular complexity index is 649. The first-order valence-corrected chi connectivity index (χ1v) is 5.93. The zero-order chi connectivity index (χ0) is 13.2. The number of benzene rings is 2. The van der Waals surface area contributed by atoms with Crippen molar-refractivity contribution in [3.63, 3.8) is 0 Å². The number of carbonyl (C=O) groups is 1. The summed E-state index contributed by atoms with van der Waals surface area (Å²) in [6.45, 7) is 0. The minimum Gasteiger partial charge on any atom is -0.325 e. The van der Waals surface area contributed by atoms with Crippen molar-refractivity contribution >= 4 is 23.5 Å². The van der Waals surface area contributed by atoms with Crippen molar-refractivity contribution in [3.8, 4) is 0 Å². The van der Waals surface area contributed by atoms with Crippen LogP contribution < -0.4 is 5.32 Å².